The predicted molar refractivity (Wildman–Crippen MR) is 117 cm³/mol. The summed E-state index contributed by atoms with van der Waals surface area (Å²) in [6, 6.07) is 0. The smallest absolute Gasteiger partial charge is 0.142 e. The zero-order chi connectivity index (χ0) is 20.9. The summed E-state index contributed by atoms with van der Waals surface area (Å²) in [4.78, 5) is 10.9. The van der Waals surface area contributed by atoms with Crippen molar-refractivity contribution in [3.63, 3.8) is 0 Å². The molecule has 0 heterocycles. The largest absolute Gasteiger partial charge is 0.393 e. The normalized spacial score (nSPS) is 56.1. The van der Waals surface area contributed by atoms with E-state index in [1.165, 1.54) is 51.4 Å². The number of fused-ring (bicyclic) bond motifs is 2. The van der Waals surface area contributed by atoms with Gasteiger partial charge in [0.25, 0.3) is 0 Å². The highest BCUT2D eigenvalue weighted by Crippen LogP contribution is 2.89. The zero-order valence-electron chi connectivity index (χ0n) is 19.3. The van der Waals surface area contributed by atoms with Crippen LogP contribution < -0.4 is 0 Å². The van der Waals surface area contributed by atoms with Gasteiger partial charge in [0.1, 0.15) is 6.29 Å². The molecular weight excluding hydrogens is 356 g/mol. The summed E-state index contributed by atoms with van der Waals surface area (Å²) < 4.78 is 0. The molecule has 0 aromatic rings. The van der Waals surface area contributed by atoms with Gasteiger partial charge in [-0.15, -0.1) is 0 Å². The molecule has 9 atom stereocenters. The second kappa shape index (κ2) is 5.99. The average Bonchev–Trinajstić information content (AvgIpc) is 3.26. The molecule has 2 nitrogen and oxygen atoms in total. The summed E-state index contributed by atoms with van der Waals surface area (Å²) in [5.74, 6) is 2.78. The molecule has 5 aliphatic carbocycles. The summed E-state index contributed by atoms with van der Waals surface area (Å²) in [6.45, 7) is 12.3. The Morgan fingerprint density at radius 1 is 0.862 bits per heavy atom. The molecule has 1 unspecified atom stereocenters. The van der Waals surface area contributed by atoms with Crippen LogP contribution in [0, 0.1) is 50.7 Å². The molecule has 2 heteroatoms. The Bertz CT molecular complexity index is 739. The number of carbonyl (C=O) groups is 1. The second-order valence-electron chi connectivity index (χ2n) is 12.9. The fourth-order valence-electron chi connectivity index (χ4n) is 10.6. The van der Waals surface area contributed by atoms with E-state index in [9.17, 15) is 9.90 Å². The number of hydrogen-bond acceptors (Lipinski definition) is 2. The number of aliphatic hydroxyl groups excluding tert-OH is 1. The Labute approximate surface area is 177 Å². The summed E-state index contributed by atoms with van der Waals surface area (Å²) in [5.41, 5.74) is 2.02. The van der Waals surface area contributed by atoms with Gasteiger partial charge in [-0.25, -0.2) is 0 Å². The van der Waals surface area contributed by atoms with Crippen LogP contribution >= 0.6 is 0 Å². The van der Waals surface area contributed by atoms with E-state index in [2.05, 4.69) is 40.7 Å². The molecule has 162 valence electrons. The molecule has 29 heavy (non-hydrogen) atoms. The summed E-state index contributed by atoms with van der Waals surface area (Å²) in [5, 5.41) is 10.8. The molecule has 5 saturated carbocycles. The predicted octanol–water partition coefficient (Wildman–Crippen LogP) is 6.18. The fourth-order valence-corrected chi connectivity index (χ4v) is 10.6. The van der Waals surface area contributed by atoms with Gasteiger partial charge in [-0.05, 0) is 115 Å². The maximum absolute atomic E-state index is 10.9. The molecule has 0 radical (unpaired) electrons. The van der Waals surface area contributed by atoms with Gasteiger partial charge in [0, 0.05) is 0 Å². The molecule has 5 fully saturated rings. The van der Waals surface area contributed by atoms with E-state index >= 15 is 0 Å². The molecule has 0 aliphatic heterocycles. The molecule has 2 spiro atoms. The Morgan fingerprint density at radius 3 is 2.28 bits per heavy atom. The first-order valence-corrected chi connectivity index (χ1v) is 12.4. The summed E-state index contributed by atoms with van der Waals surface area (Å²) in [7, 11) is 0. The standard InChI is InChI=1S/C27H42O2/c1-18(7-6-16-28)19-10-12-25(5)21-9-8-20-23(2,3)22(29)11-13-26(20)17-27(21,26)15-14-24(19,25)4/h6-7,16,18-22,29H,8-15,17H2,1-5H3/b7-6+/t18-,19-,20?,21+,22+,24-,25+,26-,27+/m1/s1. The minimum Gasteiger partial charge on any atom is -0.393 e. The molecule has 5 rings (SSSR count). The van der Waals surface area contributed by atoms with Gasteiger partial charge < -0.3 is 5.11 Å². The van der Waals surface area contributed by atoms with Crippen molar-refractivity contribution < 1.29 is 9.90 Å². The Balaban J connectivity index is 1.48. The molecule has 0 aromatic heterocycles. The van der Waals surface area contributed by atoms with E-state index in [0.29, 0.717) is 33.5 Å². The first kappa shape index (κ1) is 20.3. The van der Waals surface area contributed by atoms with Crippen LogP contribution in [0.2, 0.25) is 0 Å². The molecular formula is C27H42O2. The minimum atomic E-state index is -0.113. The van der Waals surface area contributed by atoms with Crippen molar-refractivity contribution in [2.45, 2.75) is 98.5 Å². The van der Waals surface area contributed by atoms with Gasteiger partial charge in [0.05, 0.1) is 6.10 Å². The minimum absolute atomic E-state index is 0.0841. The first-order valence-electron chi connectivity index (χ1n) is 12.4. The highest BCUT2D eigenvalue weighted by Gasteiger charge is 2.82. The van der Waals surface area contributed by atoms with E-state index in [1.807, 2.05) is 0 Å². The summed E-state index contributed by atoms with van der Waals surface area (Å²) >= 11 is 0. The Kier molecular flexibility index (Phi) is 4.19. The number of hydrogen-bond donors (Lipinski definition) is 1. The van der Waals surface area contributed by atoms with Crippen molar-refractivity contribution >= 4 is 6.29 Å². The number of allylic oxidation sites excluding steroid dienone is 2. The topological polar surface area (TPSA) is 37.3 Å². The average molecular weight is 399 g/mol. The van der Waals surface area contributed by atoms with E-state index in [-0.39, 0.29) is 11.5 Å². The fraction of sp³-hybridized carbons (Fsp3) is 0.889. The summed E-state index contributed by atoms with van der Waals surface area (Å²) in [6.07, 6.45) is 16.6. The third-order valence-electron chi connectivity index (χ3n) is 12.3. The van der Waals surface area contributed by atoms with E-state index < -0.39 is 0 Å². The molecule has 0 amide bonds. The van der Waals surface area contributed by atoms with Crippen molar-refractivity contribution in [2.75, 3.05) is 0 Å². The molecule has 0 aromatic carbocycles. The maximum atomic E-state index is 10.9. The van der Waals surface area contributed by atoms with E-state index in [4.69, 9.17) is 0 Å². The van der Waals surface area contributed by atoms with E-state index in [1.54, 1.807) is 6.08 Å². The van der Waals surface area contributed by atoms with Crippen molar-refractivity contribution in [3.05, 3.63) is 12.2 Å². The Morgan fingerprint density at radius 2 is 1.55 bits per heavy atom. The number of carbonyl (C=O) groups excluding carboxylic acids is 1. The lowest BCUT2D eigenvalue weighted by Gasteiger charge is -2.63. The van der Waals surface area contributed by atoms with Crippen LogP contribution in [0.3, 0.4) is 0 Å². The monoisotopic (exact) mass is 398 g/mol. The SMILES string of the molecule is C[C@H](/C=C/C=O)[C@H]1CC[C@@]2(C)[C@@H]3CCC4C(C)(C)[C@@H](O)CC[C@@]45C[C@@]35CC[C@]12C. The van der Waals surface area contributed by atoms with Gasteiger partial charge in [-0.1, -0.05) is 40.7 Å². The number of aldehydes is 1. The highest BCUT2D eigenvalue weighted by molar-refractivity contribution is 5.64. The van der Waals surface area contributed by atoms with Crippen LogP contribution in [0.15, 0.2) is 12.2 Å². The maximum Gasteiger partial charge on any atom is 0.142 e. The van der Waals surface area contributed by atoms with E-state index in [0.717, 1.165) is 24.5 Å². The molecule has 5 aliphatic rings. The Hall–Kier alpha value is -0.630. The van der Waals surface area contributed by atoms with Crippen molar-refractivity contribution in [2.24, 2.45) is 50.7 Å². The van der Waals surface area contributed by atoms with Crippen molar-refractivity contribution in [1.29, 1.82) is 0 Å². The lowest BCUT2D eigenvalue weighted by Crippen LogP contribution is -2.57. The van der Waals surface area contributed by atoms with Crippen LogP contribution in [-0.2, 0) is 4.79 Å². The quantitative estimate of drug-likeness (QED) is 0.455. The zero-order valence-corrected chi connectivity index (χ0v) is 19.3. The lowest BCUT2D eigenvalue weighted by atomic mass is 9.42. The number of rotatable bonds is 3. The lowest BCUT2D eigenvalue weighted by molar-refractivity contribution is -0.160. The van der Waals surface area contributed by atoms with Crippen molar-refractivity contribution in [1.82, 2.24) is 0 Å². The van der Waals surface area contributed by atoms with Crippen LogP contribution in [0.25, 0.3) is 0 Å². The van der Waals surface area contributed by atoms with Crippen LogP contribution in [0.4, 0.5) is 0 Å². The first-order chi connectivity index (χ1) is 13.6. The van der Waals surface area contributed by atoms with Gasteiger partial charge in [0.2, 0.25) is 0 Å². The van der Waals surface area contributed by atoms with Crippen LogP contribution in [0.1, 0.15) is 92.4 Å². The molecule has 0 bridgehead atoms. The second-order valence-corrected chi connectivity index (χ2v) is 12.9. The van der Waals surface area contributed by atoms with Crippen LogP contribution in [0.5, 0.6) is 0 Å². The third-order valence-corrected chi connectivity index (χ3v) is 12.3. The van der Waals surface area contributed by atoms with Gasteiger partial charge in [0.15, 0.2) is 0 Å². The van der Waals surface area contributed by atoms with Gasteiger partial charge in [-0.2, -0.15) is 0 Å². The third kappa shape index (κ3) is 2.21. The van der Waals surface area contributed by atoms with Crippen molar-refractivity contribution in [3.8, 4) is 0 Å². The number of aliphatic hydroxyl groups is 1. The molecule has 0 saturated heterocycles. The highest BCUT2D eigenvalue weighted by atomic mass is 16.3. The van der Waals surface area contributed by atoms with Crippen LogP contribution in [-0.4, -0.2) is 17.5 Å². The molecule has 1 N–H and O–H groups in total. The van der Waals surface area contributed by atoms with Gasteiger partial charge >= 0.3 is 0 Å². The van der Waals surface area contributed by atoms with Gasteiger partial charge in [-0.3, -0.25) is 4.79 Å².